The van der Waals surface area contributed by atoms with Crippen LogP contribution in [0.5, 0.6) is 0 Å². The van der Waals surface area contributed by atoms with Crippen LogP contribution in [0.15, 0.2) is 24.3 Å². The van der Waals surface area contributed by atoms with Crippen LogP contribution in [0.25, 0.3) is 0 Å². The predicted molar refractivity (Wildman–Crippen MR) is 66.7 cm³/mol. The molecule has 0 saturated carbocycles. The SMILES string of the molecule is Cc1cccc(CC(=O)N2CC[C@H](CO)C2)c1. The third-order valence-electron chi connectivity index (χ3n) is 3.33. The first-order valence-corrected chi connectivity index (χ1v) is 6.13. The molecule has 1 fully saturated rings. The van der Waals surface area contributed by atoms with Crippen molar-refractivity contribution in [2.75, 3.05) is 19.7 Å². The number of hydrogen-bond acceptors (Lipinski definition) is 2. The van der Waals surface area contributed by atoms with Crippen LogP contribution in [0.1, 0.15) is 17.5 Å². The van der Waals surface area contributed by atoms with Crippen LogP contribution in [-0.2, 0) is 11.2 Å². The van der Waals surface area contributed by atoms with E-state index in [4.69, 9.17) is 5.11 Å². The maximum Gasteiger partial charge on any atom is 0.227 e. The molecule has 1 aromatic carbocycles. The lowest BCUT2D eigenvalue weighted by atomic mass is 10.1. The predicted octanol–water partition coefficient (Wildman–Crippen LogP) is 1.38. The maximum absolute atomic E-state index is 12.0. The first-order valence-electron chi connectivity index (χ1n) is 6.13. The van der Waals surface area contributed by atoms with Gasteiger partial charge in [0.15, 0.2) is 0 Å². The number of aliphatic hydroxyl groups excluding tert-OH is 1. The lowest BCUT2D eigenvalue weighted by Crippen LogP contribution is -2.30. The molecule has 1 N–H and O–H groups in total. The molecule has 92 valence electrons. The van der Waals surface area contributed by atoms with E-state index in [-0.39, 0.29) is 18.4 Å². The number of carbonyl (C=O) groups excluding carboxylic acids is 1. The van der Waals surface area contributed by atoms with Gasteiger partial charge >= 0.3 is 0 Å². The van der Waals surface area contributed by atoms with Gasteiger partial charge in [-0.25, -0.2) is 0 Å². The van der Waals surface area contributed by atoms with Crippen molar-refractivity contribution in [3.63, 3.8) is 0 Å². The molecule has 1 saturated heterocycles. The second-order valence-electron chi connectivity index (χ2n) is 4.84. The van der Waals surface area contributed by atoms with Crippen LogP contribution in [0.4, 0.5) is 0 Å². The van der Waals surface area contributed by atoms with Crippen molar-refractivity contribution in [3.05, 3.63) is 35.4 Å². The Kier molecular flexibility index (Phi) is 3.79. The van der Waals surface area contributed by atoms with Crippen LogP contribution in [0.2, 0.25) is 0 Å². The van der Waals surface area contributed by atoms with Crippen molar-refractivity contribution in [1.29, 1.82) is 0 Å². The quantitative estimate of drug-likeness (QED) is 0.856. The van der Waals surface area contributed by atoms with Crippen molar-refractivity contribution in [2.24, 2.45) is 5.92 Å². The first-order chi connectivity index (χ1) is 8.19. The number of likely N-dealkylation sites (tertiary alicyclic amines) is 1. The first kappa shape index (κ1) is 12.1. The zero-order valence-corrected chi connectivity index (χ0v) is 10.2. The molecule has 3 heteroatoms. The minimum atomic E-state index is 0.173. The summed E-state index contributed by atoms with van der Waals surface area (Å²) in [5.74, 6) is 0.447. The fourth-order valence-corrected chi connectivity index (χ4v) is 2.32. The van der Waals surface area contributed by atoms with Crippen molar-refractivity contribution < 1.29 is 9.90 Å². The highest BCUT2D eigenvalue weighted by molar-refractivity contribution is 5.79. The highest BCUT2D eigenvalue weighted by atomic mass is 16.3. The number of hydrogen-bond donors (Lipinski definition) is 1. The van der Waals surface area contributed by atoms with Gasteiger partial charge in [0.05, 0.1) is 6.42 Å². The molecule has 1 atom stereocenters. The van der Waals surface area contributed by atoms with E-state index in [0.717, 1.165) is 18.5 Å². The Morgan fingerprint density at radius 1 is 1.53 bits per heavy atom. The van der Waals surface area contributed by atoms with Crippen LogP contribution < -0.4 is 0 Å². The summed E-state index contributed by atoms with van der Waals surface area (Å²) in [4.78, 5) is 13.9. The number of aliphatic hydroxyl groups is 1. The van der Waals surface area contributed by atoms with Crippen molar-refractivity contribution in [2.45, 2.75) is 19.8 Å². The van der Waals surface area contributed by atoms with E-state index in [2.05, 4.69) is 6.07 Å². The van der Waals surface area contributed by atoms with E-state index in [1.807, 2.05) is 30.0 Å². The monoisotopic (exact) mass is 233 g/mol. The molecule has 1 aliphatic heterocycles. The molecule has 1 amide bonds. The molecule has 2 rings (SSSR count). The zero-order valence-electron chi connectivity index (χ0n) is 10.2. The number of amides is 1. The summed E-state index contributed by atoms with van der Waals surface area (Å²) in [5.41, 5.74) is 2.26. The van der Waals surface area contributed by atoms with Crippen LogP contribution >= 0.6 is 0 Å². The number of carbonyl (C=O) groups is 1. The Labute approximate surface area is 102 Å². The van der Waals surface area contributed by atoms with E-state index in [1.165, 1.54) is 5.56 Å². The lowest BCUT2D eigenvalue weighted by molar-refractivity contribution is -0.129. The van der Waals surface area contributed by atoms with Crippen molar-refractivity contribution in [3.8, 4) is 0 Å². The second kappa shape index (κ2) is 5.32. The molecule has 0 aliphatic carbocycles. The van der Waals surface area contributed by atoms with Gasteiger partial charge in [-0.2, -0.15) is 0 Å². The Balaban J connectivity index is 1.93. The van der Waals surface area contributed by atoms with Gasteiger partial charge in [-0.15, -0.1) is 0 Å². The highest BCUT2D eigenvalue weighted by Crippen LogP contribution is 2.17. The number of nitrogens with zero attached hydrogens (tertiary/aromatic N) is 1. The van der Waals surface area contributed by atoms with Gasteiger partial charge < -0.3 is 10.0 Å². The van der Waals surface area contributed by atoms with Crippen LogP contribution in [0, 0.1) is 12.8 Å². The van der Waals surface area contributed by atoms with E-state index in [0.29, 0.717) is 13.0 Å². The molecule has 3 nitrogen and oxygen atoms in total. The average Bonchev–Trinajstić information content (AvgIpc) is 2.77. The fraction of sp³-hybridized carbons (Fsp3) is 0.500. The molecule has 1 aliphatic rings. The maximum atomic E-state index is 12.0. The highest BCUT2D eigenvalue weighted by Gasteiger charge is 2.25. The minimum absolute atomic E-state index is 0.173. The topological polar surface area (TPSA) is 40.5 Å². The van der Waals surface area contributed by atoms with Crippen LogP contribution in [-0.4, -0.2) is 35.6 Å². The van der Waals surface area contributed by atoms with E-state index >= 15 is 0 Å². The number of rotatable bonds is 3. The second-order valence-corrected chi connectivity index (χ2v) is 4.84. The Hall–Kier alpha value is -1.35. The Bertz CT molecular complexity index is 403. The lowest BCUT2D eigenvalue weighted by Gasteiger charge is -2.16. The summed E-state index contributed by atoms with van der Waals surface area (Å²) in [6.07, 6.45) is 1.40. The molecule has 0 bridgehead atoms. The third-order valence-corrected chi connectivity index (χ3v) is 3.33. The number of benzene rings is 1. The van der Waals surface area contributed by atoms with Crippen molar-refractivity contribution in [1.82, 2.24) is 4.90 Å². The van der Waals surface area contributed by atoms with E-state index in [9.17, 15) is 4.79 Å². The molecule has 0 spiro atoms. The van der Waals surface area contributed by atoms with Gasteiger partial charge in [-0.1, -0.05) is 29.8 Å². The largest absolute Gasteiger partial charge is 0.396 e. The molecule has 0 unspecified atom stereocenters. The Morgan fingerprint density at radius 2 is 2.35 bits per heavy atom. The van der Waals surface area contributed by atoms with Crippen molar-refractivity contribution >= 4 is 5.91 Å². The van der Waals surface area contributed by atoms with Gasteiger partial charge in [-0.05, 0) is 18.9 Å². The summed E-state index contributed by atoms with van der Waals surface area (Å²) in [5, 5.41) is 9.05. The summed E-state index contributed by atoms with van der Waals surface area (Å²) in [7, 11) is 0. The van der Waals surface area contributed by atoms with Gasteiger partial charge in [0.2, 0.25) is 5.91 Å². The standard InChI is InChI=1S/C14H19NO2/c1-11-3-2-4-12(7-11)8-14(17)15-6-5-13(9-15)10-16/h2-4,7,13,16H,5-6,8-10H2,1H3/t13-/m0/s1. The van der Waals surface area contributed by atoms with Crippen LogP contribution in [0.3, 0.4) is 0 Å². The summed E-state index contributed by atoms with van der Waals surface area (Å²) < 4.78 is 0. The summed E-state index contributed by atoms with van der Waals surface area (Å²) in [6, 6.07) is 8.06. The smallest absolute Gasteiger partial charge is 0.227 e. The molecular weight excluding hydrogens is 214 g/mol. The fourth-order valence-electron chi connectivity index (χ4n) is 2.32. The minimum Gasteiger partial charge on any atom is -0.396 e. The summed E-state index contributed by atoms with van der Waals surface area (Å²) >= 11 is 0. The van der Waals surface area contributed by atoms with Gasteiger partial charge in [0.1, 0.15) is 0 Å². The molecule has 0 aromatic heterocycles. The third kappa shape index (κ3) is 3.07. The molecule has 1 aromatic rings. The van der Waals surface area contributed by atoms with E-state index in [1.54, 1.807) is 0 Å². The average molecular weight is 233 g/mol. The molecule has 0 radical (unpaired) electrons. The zero-order chi connectivity index (χ0) is 12.3. The van der Waals surface area contributed by atoms with Gasteiger partial charge in [0, 0.05) is 25.6 Å². The summed E-state index contributed by atoms with van der Waals surface area (Å²) in [6.45, 7) is 3.72. The molecule has 17 heavy (non-hydrogen) atoms. The van der Waals surface area contributed by atoms with Gasteiger partial charge in [-0.3, -0.25) is 4.79 Å². The van der Waals surface area contributed by atoms with Gasteiger partial charge in [0.25, 0.3) is 0 Å². The van der Waals surface area contributed by atoms with E-state index < -0.39 is 0 Å². The Morgan fingerprint density at radius 3 is 3.00 bits per heavy atom. The molecule has 1 heterocycles. The normalized spacial score (nSPS) is 19.6. The molecular formula is C14H19NO2. The number of aryl methyl sites for hydroxylation is 1.